The van der Waals surface area contributed by atoms with E-state index in [-0.39, 0.29) is 0 Å². The van der Waals surface area contributed by atoms with Crippen LogP contribution in [0.5, 0.6) is 0 Å². The Balaban J connectivity index is 1.01. The van der Waals surface area contributed by atoms with E-state index in [9.17, 15) is 0 Å². The van der Waals surface area contributed by atoms with Crippen molar-refractivity contribution in [3.8, 4) is 45.5 Å². The zero-order chi connectivity index (χ0) is 40.7. The van der Waals surface area contributed by atoms with Crippen molar-refractivity contribution in [1.29, 1.82) is 0 Å². The SMILES string of the molecule is c1ccc(-c2nc(-c3ccccc3)nc(-n3c4ccccc4c4cc(-c5ccc6c(c5)c5ccccc5n6-c5cccc6c7ccccc7c7ccccc7c56)ccc43)n2)cc1. The zero-order valence-electron chi connectivity index (χ0n) is 33.4. The molecule has 0 aliphatic carbocycles. The molecule has 0 N–H and O–H groups in total. The van der Waals surface area contributed by atoms with Crippen LogP contribution in [0.1, 0.15) is 0 Å². The minimum absolute atomic E-state index is 0.583. The van der Waals surface area contributed by atoms with Gasteiger partial charge in [0.25, 0.3) is 0 Å². The van der Waals surface area contributed by atoms with Crippen molar-refractivity contribution in [2.75, 3.05) is 0 Å². The molecule has 5 nitrogen and oxygen atoms in total. The van der Waals surface area contributed by atoms with Gasteiger partial charge in [-0.05, 0) is 80.5 Å². The minimum atomic E-state index is 0.583. The summed E-state index contributed by atoms with van der Waals surface area (Å²) in [6.07, 6.45) is 0. The van der Waals surface area contributed by atoms with Gasteiger partial charge in [0.15, 0.2) is 11.6 Å². The molecule has 0 amide bonds. The summed E-state index contributed by atoms with van der Waals surface area (Å²) in [5.41, 5.74) is 9.80. The topological polar surface area (TPSA) is 48.5 Å². The highest BCUT2D eigenvalue weighted by Gasteiger charge is 2.21. The summed E-state index contributed by atoms with van der Waals surface area (Å²) in [7, 11) is 0. The third kappa shape index (κ3) is 5.18. The van der Waals surface area contributed by atoms with E-state index < -0.39 is 0 Å². The van der Waals surface area contributed by atoms with Gasteiger partial charge in [-0.15, -0.1) is 0 Å². The largest absolute Gasteiger partial charge is 0.309 e. The van der Waals surface area contributed by atoms with E-state index >= 15 is 0 Å². The van der Waals surface area contributed by atoms with E-state index in [1.54, 1.807) is 0 Å². The molecule has 0 radical (unpaired) electrons. The molecule has 0 atom stereocenters. The molecule has 0 unspecified atom stereocenters. The van der Waals surface area contributed by atoms with Crippen LogP contribution in [0, 0.1) is 0 Å². The first kappa shape index (κ1) is 34.5. The number of para-hydroxylation sites is 2. The molecule has 13 aromatic rings. The van der Waals surface area contributed by atoms with Crippen molar-refractivity contribution in [3.63, 3.8) is 0 Å². The number of aromatic nitrogens is 5. The maximum absolute atomic E-state index is 5.13. The second-order valence-corrected chi connectivity index (χ2v) is 16.0. The lowest BCUT2D eigenvalue weighted by atomic mass is 9.93. The number of nitrogens with zero attached hydrogens (tertiary/aromatic N) is 5. The number of benzene rings is 10. The third-order valence-corrected chi connectivity index (χ3v) is 12.6. The first-order valence-electron chi connectivity index (χ1n) is 21.0. The molecule has 0 saturated carbocycles. The Kier molecular flexibility index (Phi) is 7.54. The van der Waals surface area contributed by atoms with Gasteiger partial charge in [-0.25, -0.2) is 4.98 Å². The van der Waals surface area contributed by atoms with Gasteiger partial charge in [0.2, 0.25) is 5.95 Å². The molecule has 3 heterocycles. The third-order valence-electron chi connectivity index (χ3n) is 12.6. The summed E-state index contributed by atoms with van der Waals surface area (Å²) >= 11 is 0. The first-order valence-corrected chi connectivity index (χ1v) is 21.0. The Morgan fingerprint density at radius 2 is 0.661 bits per heavy atom. The minimum Gasteiger partial charge on any atom is -0.309 e. The zero-order valence-corrected chi connectivity index (χ0v) is 33.4. The molecular formula is C57H35N5. The van der Waals surface area contributed by atoms with Crippen LogP contribution < -0.4 is 0 Å². The Hall–Kier alpha value is -8.41. The molecule has 0 spiro atoms. The molecule has 0 saturated heterocycles. The summed E-state index contributed by atoms with van der Waals surface area (Å²) in [5.74, 6) is 1.85. The predicted octanol–water partition coefficient (Wildman–Crippen LogP) is 14.5. The van der Waals surface area contributed by atoms with Gasteiger partial charge in [-0.1, -0.05) is 170 Å². The summed E-state index contributed by atoms with van der Waals surface area (Å²) in [5, 5.41) is 12.3. The normalized spacial score (nSPS) is 11.9. The van der Waals surface area contributed by atoms with Crippen molar-refractivity contribution in [3.05, 3.63) is 212 Å². The van der Waals surface area contributed by atoms with Crippen molar-refractivity contribution < 1.29 is 0 Å². The molecule has 5 heteroatoms. The highest BCUT2D eigenvalue weighted by atomic mass is 15.2. The Labute approximate surface area is 356 Å². The standard InChI is InChI=1S/C57H35N5/c1-3-16-36(17-4-1)55-58-56(37-18-5-2-6-19-37)60-57(59-55)62-50-28-14-12-24-44(50)48-35-39(31-33-52(48)62)38-30-32-51-47(34-38)43-23-11-13-27-49(43)61(51)53-29-15-26-46-42-21-8-7-20-40(42)41-22-9-10-25-45(41)54(46)53/h1-35H. The van der Waals surface area contributed by atoms with Crippen LogP contribution in [0.4, 0.5) is 0 Å². The lowest BCUT2D eigenvalue weighted by Crippen LogP contribution is -2.06. The molecule has 0 aliphatic rings. The van der Waals surface area contributed by atoms with Gasteiger partial charge in [0, 0.05) is 38.1 Å². The van der Waals surface area contributed by atoms with E-state index in [0.717, 1.165) is 44.1 Å². The van der Waals surface area contributed by atoms with Gasteiger partial charge in [0.05, 0.1) is 27.8 Å². The molecule has 288 valence electrons. The second kappa shape index (κ2) is 13.6. The molecule has 62 heavy (non-hydrogen) atoms. The summed E-state index contributed by atoms with van der Waals surface area (Å²) in [4.78, 5) is 15.2. The molecule has 13 rings (SSSR count). The van der Waals surface area contributed by atoms with Crippen molar-refractivity contribution in [2.24, 2.45) is 0 Å². The van der Waals surface area contributed by atoms with Crippen molar-refractivity contribution in [1.82, 2.24) is 24.1 Å². The Morgan fingerprint density at radius 1 is 0.258 bits per heavy atom. The van der Waals surface area contributed by atoms with Crippen LogP contribution in [-0.4, -0.2) is 24.1 Å². The number of fused-ring (bicyclic) bond motifs is 12. The average molecular weight is 790 g/mol. The highest BCUT2D eigenvalue weighted by molar-refractivity contribution is 6.28. The average Bonchev–Trinajstić information content (AvgIpc) is 3.86. The number of hydrogen-bond donors (Lipinski definition) is 0. The molecule has 0 bridgehead atoms. The maximum atomic E-state index is 5.13. The van der Waals surface area contributed by atoms with Crippen LogP contribution in [0.2, 0.25) is 0 Å². The lowest BCUT2D eigenvalue weighted by molar-refractivity contribution is 0.953. The number of rotatable bonds is 5. The van der Waals surface area contributed by atoms with Gasteiger partial charge >= 0.3 is 0 Å². The Morgan fingerprint density at radius 3 is 1.21 bits per heavy atom. The fourth-order valence-corrected chi connectivity index (χ4v) is 9.80. The van der Waals surface area contributed by atoms with E-state index in [0.29, 0.717) is 17.6 Å². The summed E-state index contributed by atoms with van der Waals surface area (Å²) in [6.45, 7) is 0. The van der Waals surface area contributed by atoms with Gasteiger partial charge in [0.1, 0.15) is 0 Å². The quantitative estimate of drug-likeness (QED) is 0.163. The molecule has 3 aromatic heterocycles. The lowest BCUT2D eigenvalue weighted by Gasteiger charge is -2.16. The number of hydrogen-bond acceptors (Lipinski definition) is 3. The van der Waals surface area contributed by atoms with Gasteiger partial charge < -0.3 is 4.57 Å². The summed E-state index contributed by atoms with van der Waals surface area (Å²) < 4.78 is 4.65. The van der Waals surface area contributed by atoms with Crippen LogP contribution in [0.25, 0.3) is 121 Å². The fourth-order valence-electron chi connectivity index (χ4n) is 9.80. The molecular weight excluding hydrogens is 755 g/mol. The predicted molar refractivity (Wildman–Crippen MR) is 257 cm³/mol. The fraction of sp³-hybridized carbons (Fsp3) is 0. The van der Waals surface area contributed by atoms with Crippen LogP contribution in [0.3, 0.4) is 0 Å². The Bertz CT molecular complexity index is 3820. The summed E-state index contributed by atoms with van der Waals surface area (Å²) in [6, 6.07) is 75.8. The second-order valence-electron chi connectivity index (χ2n) is 16.0. The van der Waals surface area contributed by atoms with Crippen LogP contribution >= 0.6 is 0 Å². The van der Waals surface area contributed by atoms with Crippen molar-refractivity contribution in [2.45, 2.75) is 0 Å². The van der Waals surface area contributed by atoms with Gasteiger partial charge in [-0.3, -0.25) is 4.57 Å². The monoisotopic (exact) mass is 789 g/mol. The van der Waals surface area contributed by atoms with Crippen LogP contribution in [-0.2, 0) is 0 Å². The van der Waals surface area contributed by atoms with Crippen molar-refractivity contribution >= 4 is 75.9 Å². The maximum Gasteiger partial charge on any atom is 0.238 e. The van der Waals surface area contributed by atoms with E-state index in [1.165, 1.54) is 59.8 Å². The smallest absolute Gasteiger partial charge is 0.238 e. The molecule has 0 fully saturated rings. The van der Waals surface area contributed by atoms with E-state index in [2.05, 4.69) is 161 Å². The molecule has 0 aliphatic heterocycles. The van der Waals surface area contributed by atoms with E-state index in [1.807, 2.05) is 60.7 Å². The first-order chi connectivity index (χ1) is 30.8. The van der Waals surface area contributed by atoms with Crippen LogP contribution in [0.15, 0.2) is 212 Å². The van der Waals surface area contributed by atoms with E-state index in [4.69, 9.17) is 15.0 Å². The van der Waals surface area contributed by atoms with Gasteiger partial charge in [-0.2, -0.15) is 9.97 Å². The highest BCUT2D eigenvalue weighted by Crippen LogP contribution is 2.42. The molecule has 10 aromatic carbocycles.